The molecule has 3 nitrogen and oxygen atoms in total. The lowest BCUT2D eigenvalue weighted by Gasteiger charge is -2.10. The van der Waals surface area contributed by atoms with Crippen LogP contribution in [0, 0.1) is 6.92 Å². The minimum atomic E-state index is -2.55. The summed E-state index contributed by atoms with van der Waals surface area (Å²) in [5, 5.41) is 2.81. The lowest BCUT2D eigenvalue weighted by Crippen LogP contribution is -2.13. The van der Waals surface area contributed by atoms with Gasteiger partial charge in [-0.15, -0.1) is 0 Å². The summed E-state index contributed by atoms with van der Waals surface area (Å²) in [6, 6.07) is 9.38. The van der Waals surface area contributed by atoms with Crippen LogP contribution in [-0.2, 0) is 0 Å². The third-order valence-electron chi connectivity index (χ3n) is 2.54. The molecular formula is C14H11ClF2N2OS. The molecule has 110 valence electrons. The van der Waals surface area contributed by atoms with Crippen molar-refractivity contribution in [3.8, 4) is 0 Å². The van der Waals surface area contributed by atoms with Crippen LogP contribution in [0.15, 0.2) is 41.3 Å². The van der Waals surface area contributed by atoms with Crippen molar-refractivity contribution in [2.24, 2.45) is 0 Å². The van der Waals surface area contributed by atoms with Gasteiger partial charge in [0, 0.05) is 16.2 Å². The highest BCUT2D eigenvalue weighted by molar-refractivity contribution is 7.99. The first-order chi connectivity index (χ1) is 9.95. The molecule has 1 N–H and O–H groups in total. The molecule has 1 heterocycles. The van der Waals surface area contributed by atoms with Gasteiger partial charge in [-0.05, 0) is 31.2 Å². The first-order valence-electron chi connectivity index (χ1n) is 5.95. The zero-order valence-corrected chi connectivity index (χ0v) is 12.5. The number of carbonyl (C=O) groups is 1. The number of alkyl halides is 2. The van der Waals surface area contributed by atoms with Crippen LogP contribution in [0.3, 0.4) is 0 Å². The van der Waals surface area contributed by atoms with Gasteiger partial charge in [-0.2, -0.15) is 8.78 Å². The van der Waals surface area contributed by atoms with Crippen LogP contribution in [0.2, 0.25) is 5.15 Å². The molecule has 0 unspecified atom stereocenters. The van der Waals surface area contributed by atoms with Gasteiger partial charge in [0.05, 0.1) is 5.69 Å². The molecule has 0 aliphatic carbocycles. The highest BCUT2D eigenvalue weighted by Gasteiger charge is 2.13. The molecular weight excluding hydrogens is 318 g/mol. The minimum absolute atomic E-state index is 0.204. The molecule has 0 spiro atoms. The summed E-state index contributed by atoms with van der Waals surface area (Å²) in [5.74, 6) is -2.98. The molecule has 0 aliphatic heterocycles. The van der Waals surface area contributed by atoms with E-state index in [9.17, 15) is 13.6 Å². The van der Waals surface area contributed by atoms with Gasteiger partial charge in [-0.25, -0.2) is 4.98 Å². The highest BCUT2D eigenvalue weighted by atomic mass is 35.5. The van der Waals surface area contributed by atoms with Crippen LogP contribution in [0.5, 0.6) is 0 Å². The highest BCUT2D eigenvalue weighted by Crippen LogP contribution is 2.31. The van der Waals surface area contributed by atoms with Gasteiger partial charge in [-0.1, -0.05) is 35.5 Å². The second kappa shape index (κ2) is 6.87. The van der Waals surface area contributed by atoms with Gasteiger partial charge in [0.1, 0.15) is 5.15 Å². The summed E-state index contributed by atoms with van der Waals surface area (Å²) >= 11 is 6.18. The van der Waals surface area contributed by atoms with Crippen molar-refractivity contribution >= 4 is 35.0 Å². The van der Waals surface area contributed by atoms with Gasteiger partial charge in [-0.3, -0.25) is 4.79 Å². The predicted molar refractivity (Wildman–Crippen MR) is 80.2 cm³/mol. The third kappa shape index (κ3) is 4.41. The fourth-order valence-corrected chi connectivity index (χ4v) is 2.57. The van der Waals surface area contributed by atoms with Crippen molar-refractivity contribution in [3.63, 3.8) is 0 Å². The van der Waals surface area contributed by atoms with Crippen LogP contribution in [-0.4, -0.2) is 16.6 Å². The van der Waals surface area contributed by atoms with Crippen molar-refractivity contribution in [3.05, 3.63) is 52.8 Å². The van der Waals surface area contributed by atoms with Gasteiger partial charge >= 0.3 is 0 Å². The molecule has 0 fully saturated rings. The van der Waals surface area contributed by atoms with Gasteiger partial charge in [0.15, 0.2) is 0 Å². The van der Waals surface area contributed by atoms with Crippen molar-refractivity contribution < 1.29 is 13.6 Å². The molecule has 2 rings (SSSR count). The molecule has 1 aromatic heterocycles. The molecule has 2 aromatic rings. The number of hydrogen-bond donors (Lipinski definition) is 1. The van der Waals surface area contributed by atoms with Crippen LogP contribution in [0.4, 0.5) is 14.5 Å². The number of rotatable bonds is 4. The van der Waals surface area contributed by atoms with Crippen LogP contribution in [0.25, 0.3) is 0 Å². The van der Waals surface area contributed by atoms with Crippen LogP contribution < -0.4 is 5.32 Å². The number of nitrogens with zero attached hydrogens (tertiary/aromatic N) is 1. The van der Waals surface area contributed by atoms with E-state index in [1.807, 2.05) is 0 Å². The predicted octanol–water partition coefficient (Wildman–Crippen LogP) is 4.61. The molecule has 0 saturated heterocycles. The second-order valence-corrected chi connectivity index (χ2v) is 5.57. The Bertz CT molecular complexity index is 647. The molecule has 1 aromatic carbocycles. The monoisotopic (exact) mass is 328 g/mol. The quantitative estimate of drug-likeness (QED) is 0.658. The van der Waals surface area contributed by atoms with Crippen molar-refractivity contribution in [2.45, 2.75) is 17.6 Å². The number of pyridine rings is 1. The van der Waals surface area contributed by atoms with Crippen molar-refractivity contribution in [1.82, 2.24) is 4.98 Å². The van der Waals surface area contributed by atoms with E-state index >= 15 is 0 Å². The first kappa shape index (κ1) is 15.7. The van der Waals surface area contributed by atoms with Crippen molar-refractivity contribution in [2.75, 3.05) is 5.32 Å². The molecule has 1 amide bonds. The number of carbonyl (C=O) groups excluding carboxylic acids is 1. The summed E-state index contributed by atoms with van der Waals surface area (Å²) in [6.45, 7) is 1.71. The van der Waals surface area contributed by atoms with Gasteiger partial charge in [0.25, 0.3) is 11.7 Å². The lowest BCUT2D eigenvalue weighted by molar-refractivity contribution is 0.102. The zero-order chi connectivity index (χ0) is 15.4. The summed E-state index contributed by atoms with van der Waals surface area (Å²) < 4.78 is 25.0. The average Bonchev–Trinajstić information content (AvgIpc) is 2.39. The average molecular weight is 329 g/mol. The summed E-state index contributed by atoms with van der Waals surface area (Å²) in [7, 11) is 0. The third-order valence-corrected chi connectivity index (χ3v) is 3.52. The van der Waals surface area contributed by atoms with E-state index in [0.29, 0.717) is 33.6 Å². The van der Waals surface area contributed by atoms with Crippen LogP contribution in [0.1, 0.15) is 16.1 Å². The first-order valence-corrected chi connectivity index (χ1v) is 7.21. The Morgan fingerprint density at radius 3 is 2.71 bits per heavy atom. The zero-order valence-electron chi connectivity index (χ0n) is 10.9. The molecule has 0 bridgehead atoms. The Morgan fingerprint density at radius 2 is 2.05 bits per heavy atom. The maximum absolute atomic E-state index is 12.5. The largest absolute Gasteiger partial charge is 0.321 e. The summed E-state index contributed by atoms with van der Waals surface area (Å²) in [4.78, 5) is 16.4. The molecule has 0 aliphatic rings. The SMILES string of the molecule is Cc1cc(C(=O)Nc2ccccc2SC(F)F)cc(Cl)n1. The molecule has 0 radical (unpaired) electrons. The molecule has 0 saturated carbocycles. The van der Waals surface area contributed by atoms with E-state index in [-0.39, 0.29) is 5.15 Å². The number of benzene rings is 1. The Hall–Kier alpha value is -1.66. The fraction of sp³-hybridized carbons (Fsp3) is 0.143. The van der Waals surface area contributed by atoms with Gasteiger partial charge < -0.3 is 5.32 Å². The van der Waals surface area contributed by atoms with Crippen LogP contribution >= 0.6 is 23.4 Å². The maximum Gasteiger partial charge on any atom is 0.288 e. The normalized spacial score (nSPS) is 10.7. The number of para-hydroxylation sites is 1. The number of anilines is 1. The summed E-state index contributed by atoms with van der Waals surface area (Å²) in [5.41, 5.74) is 1.26. The van der Waals surface area contributed by atoms with E-state index in [0.717, 1.165) is 0 Å². The lowest BCUT2D eigenvalue weighted by atomic mass is 10.2. The van der Waals surface area contributed by atoms with E-state index in [2.05, 4.69) is 10.3 Å². The number of hydrogen-bond acceptors (Lipinski definition) is 3. The Balaban J connectivity index is 2.23. The maximum atomic E-state index is 12.5. The number of aryl methyl sites for hydroxylation is 1. The fourth-order valence-electron chi connectivity index (χ4n) is 1.72. The standard InChI is InChI=1S/C14H11ClF2N2OS/c1-8-6-9(7-12(15)18-8)13(20)19-10-4-2-3-5-11(10)21-14(16)17/h2-7,14H,1H3,(H,19,20). The van der Waals surface area contributed by atoms with E-state index < -0.39 is 11.7 Å². The van der Waals surface area contributed by atoms with E-state index in [1.54, 1.807) is 31.2 Å². The molecule has 21 heavy (non-hydrogen) atoms. The minimum Gasteiger partial charge on any atom is -0.321 e. The van der Waals surface area contributed by atoms with E-state index in [4.69, 9.17) is 11.6 Å². The number of nitrogens with one attached hydrogen (secondary N) is 1. The number of halogens is 3. The van der Waals surface area contributed by atoms with Crippen molar-refractivity contribution in [1.29, 1.82) is 0 Å². The van der Waals surface area contributed by atoms with Gasteiger partial charge in [0.2, 0.25) is 0 Å². The number of aromatic nitrogens is 1. The topological polar surface area (TPSA) is 42.0 Å². The number of thioether (sulfide) groups is 1. The Kier molecular flexibility index (Phi) is 5.14. The molecule has 0 atom stereocenters. The van der Waals surface area contributed by atoms with E-state index in [1.165, 1.54) is 12.1 Å². The smallest absolute Gasteiger partial charge is 0.288 e. The molecule has 7 heteroatoms. The second-order valence-electron chi connectivity index (χ2n) is 4.15. The number of amides is 1. The Morgan fingerprint density at radius 1 is 1.33 bits per heavy atom. The Labute approximate surface area is 129 Å². The summed E-state index contributed by atoms with van der Waals surface area (Å²) in [6.07, 6.45) is 0.